The Balaban J connectivity index is 1.37. The van der Waals surface area contributed by atoms with Gasteiger partial charge >= 0.3 is 6.03 Å². The zero-order chi connectivity index (χ0) is 16.8. The van der Waals surface area contributed by atoms with Gasteiger partial charge in [0.05, 0.1) is 6.54 Å². The summed E-state index contributed by atoms with van der Waals surface area (Å²) in [6.45, 7) is 4.49. The first-order valence-electron chi connectivity index (χ1n) is 8.51. The number of carbonyl (C=O) groups is 1. The Morgan fingerprint density at radius 1 is 1.29 bits per heavy atom. The molecule has 1 atom stereocenters. The van der Waals surface area contributed by atoms with Gasteiger partial charge in [-0.3, -0.25) is 0 Å². The van der Waals surface area contributed by atoms with Gasteiger partial charge in [-0.2, -0.15) is 0 Å². The van der Waals surface area contributed by atoms with Gasteiger partial charge in [-0.15, -0.1) is 11.3 Å². The number of nitrogens with zero attached hydrogens (tertiary/aromatic N) is 2. The molecule has 0 radical (unpaired) electrons. The van der Waals surface area contributed by atoms with Crippen LogP contribution in [0.15, 0.2) is 47.8 Å². The average molecular weight is 343 g/mol. The lowest BCUT2D eigenvalue weighted by Crippen LogP contribution is -2.40. The van der Waals surface area contributed by atoms with E-state index in [9.17, 15) is 4.79 Å². The van der Waals surface area contributed by atoms with Gasteiger partial charge < -0.3 is 15.1 Å². The summed E-state index contributed by atoms with van der Waals surface area (Å²) >= 11 is 1.68. The Bertz CT molecular complexity index is 629. The molecular formula is C19H25N3OS. The number of amides is 2. The van der Waals surface area contributed by atoms with E-state index in [-0.39, 0.29) is 6.03 Å². The molecule has 0 aliphatic carbocycles. The van der Waals surface area contributed by atoms with E-state index in [0.29, 0.717) is 19.0 Å². The van der Waals surface area contributed by atoms with Crippen molar-refractivity contribution in [2.45, 2.75) is 18.9 Å². The van der Waals surface area contributed by atoms with Crippen molar-refractivity contribution in [3.8, 4) is 0 Å². The molecule has 5 heteroatoms. The van der Waals surface area contributed by atoms with Crippen LogP contribution in [-0.4, -0.2) is 49.1 Å². The second-order valence-corrected chi connectivity index (χ2v) is 7.40. The fourth-order valence-corrected chi connectivity index (χ4v) is 3.95. The van der Waals surface area contributed by atoms with E-state index in [1.54, 1.807) is 16.2 Å². The van der Waals surface area contributed by atoms with Crippen molar-refractivity contribution in [2.24, 2.45) is 0 Å². The number of rotatable bonds is 6. The maximum Gasteiger partial charge on any atom is 0.317 e. The van der Waals surface area contributed by atoms with E-state index in [1.165, 1.54) is 16.9 Å². The molecule has 1 fully saturated rings. The Hall–Kier alpha value is -1.85. The van der Waals surface area contributed by atoms with Crippen molar-refractivity contribution in [3.05, 3.63) is 58.3 Å². The molecule has 2 heterocycles. The molecule has 0 saturated carbocycles. The quantitative estimate of drug-likeness (QED) is 0.873. The Morgan fingerprint density at radius 3 is 2.88 bits per heavy atom. The number of thiophene rings is 1. The van der Waals surface area contributed by atoms with Crippen molar-refractivity contribution >= 4 is 17.4 Å². The van der Waals surface area contributed by atoms with Crippen LogP contribution in [0.2, 0.25) is 0 Å². The molecule has 4 nitrogen and oxygen atoms in total. The largest absolute Gasteiger partial charge is 0.337 e. The second-order valence-electron chi connectivity index (χ2n) is 6.36. The van der Waals surface area contributed by atoms with E-state index in [0.717, 1.165) is 19.6 Å². The van der Waals surface area contributed by atoms with Crippen LogP contribution in [-0.2, 0) is 6.54 Å². The standard InChI is InChI=1S/C19H25N3OS/c1-21(15-18-8-5-13-24-18)19(23)20-10-12-22-11-9-17(14-22)16-6-3-2-4-7-16/h2-8,13,17H,9-12,14-15H2,1H3,(H,20,23)/t17-/m0/s1. The summed E-state index contributed by atoms with van der Waals surface area (Å²) in [4.78, 5) is 17.5. The summed E-state index contributed by atoms with van der Waals surface area (Å²) in [5, 5.41) is 5.07. The lowest BCUT2D eigenvalue weighted by Gasteiger charge is -2.20. The molecule has 1 aromatic heterocycles. The molecule has 1 saturated heterocycles. The average Bonchev–Trinajstić information content (AvgIpc) is 3.27. The summed E-state index contributed by atoms with van der Waals surface area (Å²) in [6, 6.07) is 14.8. The number of hydrogen-bond acceptors (Lipinski definition) is 3. The van der Waals surface area contributed by atoms with Crippen LogP contribution < -0.4 is 5.32 Å². The monoisotopic (exact) mass is 343 g/mol. The molecular weight excluding hydrogens is 318 g/mol. The Kier molecular flexibility index (Phi) is 5.88. The highest BCUT2D eigenvalue weighted by Crippen LogP contribution is 2.26. The van der Waals surface area contributed by atoms with E-state index < -0.39 is 0 Å². The summed E-state index contributed by atoms with van der Waals surface area (Å²) in [7, 11) is 1.84. The molecule has 2 amide bonds. The summed E-state index contributed by atoms with van der Waals surface area (Å²) in [6.07, 6.45) is 1.20. The minimum Gasteiger partial charge on any atom is -0.337 e. The number of likely N-dealkylation sites (tertiary alicyclic amines) is 1. The fourth-order valence-electron chi connectivity index (χ4n) is 3.20. The maximum atomic E-state index is 12.1. The molecule has 1 N–H and O–H groups in total. The smallest absolute Gasteiger partial charge is 0.317 e. The van der Waals surface area contributed by atoms with E-state index in [2.05, 4.69) is 46.6 Å². The van der Waals surface area contributed by atoms with Crippen molar-refractivity contribution in [3.63, 3.8) is 0 Å². The fraction of sp³-hybridized carbons (Fsp3) is 0.421. The third-order valence-corrected chi connectivity index (χ3v) is 5.43. The predicted octanol–water partition coefficient (Wildman–Crippen LogP) is 3.38. The van der Waals surface area contributed by atoms with Crippen LogP contribution in [0.4, 0.5) is 4.79 Å². The molecule has 1 aromatic carbocycles. The summed E-state index contributed by atoms with van der Waals surface area (Å²) in [5.74, 6) is 0.628. The van der Waals surface area contributed by atoms with Crippen LogP contribution in [0.5, 0.6) is 0 Å². The number of benzene rings is 1. The van der Waals surface area contributed by atoms with Gasteiger partial charge in [-0.05, 0) is 35.9 Å². The molecule has 0 bridgehead atoms. The number of urea groups is 1. The summed E-state index contributed by atoms with van der Waals surface area (Å²) < 4.78 is 0. The van der Waals surface area contributed by atoms with Crippen LogP contribution in [0.25, 0.3) is 0 Å². The van der Waals surface area contributed by atoms with Gasteiger partial charge in [0.2, 0.25) is 0 Å². The maximum absolute atomic E-state index is 12.1. The number of nitrogens with one attached hydrogen (secondary N) is 1. The van der Waals surface area contributed by atoms with Gasteiger partial charge in [0, 0.05) is 31.6 Å². The zero-order valence-corrected chi connectivity index (χ0v) is 15.0. The van der Waals surface area contributed by atoms with Crippen LogP contribution in [0.3, 0.4) is 0 Å². The van der Waals surface area contributed by atoms with E-state index >= 15 is 0 Å². The van der Waals surface area contributed by atoms with Crippen molar-refractivity contribution in [1.82, 2.24) is 15.1 Å². The minimum absolute atomic E-state index is 0.00204. The Labute approximate surface area is 148 Å². The molecule has 24 heavy (non-hydrogen) atoms. The number of carbonyl (C=O) groups excluding carboxylic acids is 1. The molecule has 1 aliphatic rings. The first kappa shape index (κ1) is 17.0. The minimum atomic E-state index is 0.00204. The van der Waals surface area contributed by atoms with E-state index in [4.69, 9.17) is 0 Å². The van der Waals surface area contributed by atoms with E-state index in [1.807, 2.05) is 18.5 Å². The molecule has 2 aromatic rings. The van der Waals surface area contributed by atoms with Crippen molar-refractivity contribution in [1.29, 1.82) is 0 Å². The van der Waals surface area contributed by atoms with Gasteiger partial charge in [-0.25, -0.2) is 4.79 Å². The molecule has 1 aliphatic heterocycles. The second kappa shape index (κ2) is 8.31. The summed E-state index contributed by atoms with van der Waals surface area (Å²) in [5.41, 5.74) is 1.43. The first-order chi connectivity index (χ1) is 11.7. The zero-order valence-electron chi connectivity index (χ0n) is 14.1. The predicted molar refractivity (Wildman–Crippen MR) is 99.4 cm³/mol. The molecule has 3 rings (SSSR count). The lowest BCUT2D eigenvalue weighted by atomic mass is 9.99. The normalized spacial score (nSPS) is 17.8. The van der Waals surface area contributed by atoms with Gasteiger partial charge in [0.25, 0.3) is 0 Å². The van der Waals surface area contributed by atoms with Gasteiger partial charge in [-0.1, -0.05) is 36.4 Å². The van der Waals surface area contributed by atoms with Gasteiger partial charge in [0.15, 0.2) is 0 Å². The third kappa shape index (κ3) is 4.58. The Morgan fingerprint density at radius 2 is 2.12 bits per heavy atom. The third-order valence-electron chi connectivity index (χ3n) is 4.57. The highest BCUT2D eigenvalue weighted by atomic mass is 32.1. The molecule has 0 spiro atoms. The van der Waals surface area contributed by atoms with Crippen LogP contribution >= 0.6 is 11.3 Å². The van der Waals surface area contributed by atoms with Crippen molar-refractivity contribution < 1.29 is 4.79 Å². The van der Waals surface area contributed by atoms with Crippen molar-refractivity contribution in [2.75, 3.05) is 33.2 Å². The molecule has 0 unspecified atom stereocenters. The highest BCUT2D eigenvalue weighted by molar-refractivity contribution is 7.09. The van der Waals surface area contributed by atoms with Crippen LogP contribution in [0.1, 0.15) is 22.8 Å². The molecule has 128 valence electrons. The number of hydrogen-bond donors (Lipinski definition) is 1. The highest BCUT2D eigenvalue weighted by Gasteiger charge is 2.23. The SMILES string of the molecule is CN(Cc1cccs1)C(=O)NCCN1CC[C@H](c2ccccc2)C1. The van der Waals surface area contributed by atoms with Crippen LogP contribution in [0, 0.1) is 0 Å². The first-order valence-corrected chi connectivity index (χ1v) is 9.39. The lowest BCUT2D eigenvalue weighted by molar-refractivity contribution is 0.205. The topological polar surface area (TPSA) is 35.6 Å². The van der Waals surface area contributed by atoms with Gasteiger partial charge in [0.1, 0.15) is 0 Å².